The van der Waals surface area contributed by atoms with Crippen LogP contribution in [0.5, 0.6) is 11.5 Å². The van der Waals surface area contributed by atoms with Gasteiger partial charge in [-0.05, 0) is 32.9 Å². The van der Waals surface area contributed by atoms with Crippen LogP contribution in [-0.4, -0.2) is 29.6 Å². The maximum absolute atomic E-state index is 11.7. The van der Waals surface area contributed by atoms with Crippen LogP contribution in [0.3, 0.4) is 0 Å². The molecule has 1 aliphatic rings. The Balaban J connectivity index is 2.29. The summed E-state index contributed by atoms with van der Waals surface area (Å²) in [6.45, 7) is 5.09. The van der Waals surface area contributed by atoms with E-state index in [2.05, 4.69) is 5.32 Å². The number of amides is 1. The summed E-state index contributed by atoms with van der Waals surface area (Å²) in [7, 11) is 0. The molecule has 0 saturated heterocycles. The molecule has 0 atom stereocenters. The van der Waals surface area contributed by atoms with Crippen molar-refractivity contribution in [3.05, 3.63) is 17.7 Å². The van der Waals surface area contributed by atoms with E-state index in [1.165, 1.54) is 12.1 Å². The van der Waals surface area contributed by atoms with Crippen molar-refractivity contribution in [2.24, 2.45) is 0 Å². The highest BCUT2D eigenvalue weighted by Crippen LogP contribution is 2.39. The first-order chi connectivity index (χ1) is 9.28. The van der Waals surface area contributed by atoms with Crippen LogP contribution in [0.25, 0.3) is 0 Å². The fourth-order valence-corrected chi connectivity index (χ4v) is 1.70. The van der Waals surface area contributed by atoms with Crippen LogP contribution in [-0.2, 0) is 4.74 Å². The number of benzene rings is 1. The Labute approximate surface area is 115 Å². The maximum Gasteiger partial charge on any atom is 0.412 e. The minimum atomic E-state index is -1.22. The zero-order chi connectivity index (χ0) is 14.9. The summed E-state index contributed by atoms with van der Waals surface area (Å²) in [5, 5.41) is 11.6. The smallest absolute Gasteiger partial charge is 0.412 e. The van der Waals surface area contributed by atoms with Gasteiger partial charge in [-0.25, -0.2) is 9.59 Å². The second-order valence-corrected chi connectivity index (χ2v) is 5.15. The van der Waals surface area contributed by atoms with E-state index in [1.807, 2.05) is 0 Å². The normalized spacial score (nSPS) is 12.9. The molecule has 0 aromatic heterocycles. The third kappa shape index (κ3) is 2.93. The number of carbonyl (C=O) groups is 2. The van der Waals surface area contributed by atoms with Crippen LogP contribution < -0.4 is 14.8 Å². The van der Waals surface area contributed by atoms with Crippen molar-refractivity contribution in [2.75, 3.05) is 12.1 Å². The van der Waals surface area contributed by atoms with Crippen molar-refractivity contribution in [1.29, 1.82) is 0 Å². The van der Waals surface area contributed by atoms with E-state index in [-0.39, 0.29) is 23.8 Å². The predicted octanol–water partition coefficient (Wildman–Crippen LogP) is 2.46. The molecule has 0 unspecified atom stereocenters. The Bertz CT molecular complexity index is 561. The van der Waals surface area contributed by atoms with Gasteiger partial charge in [0.15, 0.2) is 11.5 Å². The second kappa shape index (κ2) is 4.92. The van der Waals surface area contributed by atoms with Crippen LogP contribution in [0.15, 0.2) is 12.1 Å². The van der Waals surface area contributed by atoms with Crippen molar-refractivity contribution in [2.45, 2.75) is 26.4 Å². The molecule has 0 bridgehead atoms. The summed E-state index contributed by atoms with van der Waals surface area (Å²) in [6.07, 6.45) is -0.737. The summed E-state index contributed by atoms with van der Waals surface area (Å²) in [5.74, 6) is -0.790. The van der Waals surface area contributed by atoms with Gasteiger partial charge in [0.25, 0.3) is 0 Å². The van der Waals surface area contributed by atoms with E-state index < -0.39 is 17.7 Å². The van der Waals surface area contributed by atoms with Gasteiger partial charge in [-0.3, -0.25) is 5.32 Å². The number of carboxylic acid groups (broad SMARTS) is 1. The number of carboxylic acids is 1. The molecule has 20 heavy (non-hydrogen) atoms. The Morgan fingerprint density at radius 1 is 1.30 bits per heavy atom. The summed E-state index contributed by atoms with van der Waals surface area (Å²) >= 11 is 0. The fraction of sp³-hybridized carbons (Fsp3) is 0.385. The lowest BCUT2D eigenvalue weighted by Gasteiger charge is -2.20. The van der Waals surface area contributed by atoms with Crippen LogP contribution in [0, 0.1) is 0 Å². The topological polar surface area (TPSA) is 94.1 Å². The van der Waals surface area contributed by atoms with E-state index in [4.69, 9.17) is 14.2 Å². The quantitative estimate of drug-likeness (QED) is 0.864. The zero-order valence-corrected chi connectivity index (χ0v) is 11.4. The SMILES string of the molecule is CC(C)(C)OC(=O)Nc1ccc2c(c1C(=O)O)OCO2. The number of ether oxygens (including phenoxy) is 3. The molecule has 0 spiro atoms. The molecule has 1 heterocycles. The van der Waals surface area contributed by atoms with Gasteiger partial charge in [-0.15, -0.1) is 0 Å². The molecule has 1 aromatic rings. The Hall–Kier alpha value is -2.44. The highest BCUT2D eigenvalue weighted by Gasteiger charge is 2.27. The van der Waals surface area contributed by atoms with E-state index in [9.17, 15) is 14.7 Å². The lowest BCUT2D eigenvalue weighted by Crippen LogP contribution is -2.27. The van der Waals surface area contributed by atoms with E-state index in [0.717, 1.165) is 0 Å². The first-order valence-electron chi connectivity index (χ1n) is 5.94. The van der Waals surface area contributed by atoms with Gasteiger partial charge in [0.1, 0.15) is 11.2 Å². The zero-order valence-electron chi connectivity index (χ0n) is 11.4. The second-order valence-electron chi connectivity index (χ2n) is 5.15. The van der Waals surface area contributed by atoms with Crippen molar-refractivity contribution in [3.63, 3.8) is 0 Å². The van der Waals surface area contributed by atoms with Crippen LogP contribution >= 0.6 is 0 Å². The summed E-state index contributed by atoms with van der Waals surface area (Å²) in [6, 6.07) is 2.96. The van der Waals surface area contributed by atoms with Gasteiger partial charge in [-0.2, -0.15) is 0 Å². The third-order valence-corrected chi connectivity index (χ3v) is 2.39. The lowest BCUT2D eigenvalue weighted by molar-refractivity contribution is 0.0636. The molecule has 0 saturated carbocycles. The van der Waals surface area contributed by atoms with Gasteiger partial charge in [0.2, 0.25) is 6.79 Å². The Morgan fingerprint density at radius 2 is 2.00 bits per heavy atom. The third-order valence-electron chi connectivity index (χ3n) is 2.39. The van der Waals surface area contributed by atoms with Crippen molar-refractivity contribution in [1.82, 2.24) is 0 Å². The van der Waals surface area contributed by atoms with Crippen LogP contribution in [0.2, 0.25) is 0 Å². The first kappa shape index (κ1) is 14.0. The average molecular weight is 281 g/mol. The summed E-state index contributed by atoms with van der Waals surface area (Å²) in [4.78, 5) is 23.0. The molecule has 0 fully saturated rings. The van der Waals surface area contributed by atoms with Crippen molar-refractivity contribution >= 4 is 17.7 Å². The van der Waals surface area contributed by atoms with Gasteiger partial charge < -0.3 is 19.3 Å². The molecule has 7 nitrogen and oxygen atoms in total. The molecule has 2 N–H and O–H groups in total. The predicted molar refractivity (Wildman–Crippen MR) is 69.4 cm³/mol. The highest BCUT2D eigenvalue weighted by molar-refractivity contribution is 6.02. The molecule has 0 aliphatic carbocycles. The molecule has 108 valence electrons. The summed E-state index contributed by atoms with van der Waals surface area (Å²) in [5.41, 5.74) is -0.744. The molecule has 7 heteroatoms. The lowest BCUT2D eigenvalue weighted by atomic mass is 10.1. The monoisotopic (exact) mass is 281 g/mol. The average Bonchev–Trinajstić information content (AvgIpc) is 2.73. The molecule has 1 aliphatic heterocycles. The van der Waals surface area contributed by atoms with Crippen LogP contribution in [0.4, 0.5) is 10.5 Å². The van der Waals surface area contributed by atoms with E-state index in [0.29, 0.717) is 5.75 Å². The van der Waals surface area contributed by atoms with E-state index >= 15 is 0 Å². The number of hydrogen-bond acceptors (Lipinski definition) is 5. The summed E-state index contributed by atoms with van der Waals surface area (Å²) < 4.78 is 15.3. The number of carbonyl (C=O) groups excluding carboxylic acids is 1. The van der Waals surface area contributed by atoms with Crippen molar-refractivity contribution in [3.8, 4) is 11.5 Å². The van der Waals surface area contributed by atoms with Gasteiger partial charge in [0.05, 0.1) is 5.69 Å². The number of fused-ring (bicyclic) bond motifs is 1. The minimum absolute atomic E-state index is 0.0501. The van der Waals surface area contributed by atoms with Gasteiger partial charge >= 0.3 is 12.1 Å². The molecule has 0 radical (unpaired) electrons. The number of anilines is 1. The number of nitrogens with one attached hydrogen (secondary N) is 1. The highest BCUT2D eigenvalue weighted by atomic mass is 16.7. The van der Waals surface area contributed by atoms with Crippen molar-refractivity contribution < 1.29 is 28.9 Å². The Kier molecular flexibility index (Phi) is 3.44. The van der Waals surface area contributed by atoms with Crippen LogP contribution in [0.1, 0.15) is 31.1 Å². The Morgan fingerprint density at radius 3 is 2.60 bits per heavy atom. The molecule has 1 aromatic carbocycles. The standard InChI is InChI=1S/C13H15NO6/c1-13(2,3)20-12(17)14-7-4-5-8-10(19-6-18-8)9(7)11(15)16/h4-5H,6H2,1-3H3,(H,14,17)(H,15,16). The molecular formula is C13H15NO6. The number of rotatable bonds is 2. The van der Waals surface area contributed by atoms with E-state index in [1.54, 1.807) is 20.8 Å². The minimum Gasteiger partial charge on any atom is -0.477 e. The first-order valence-corrected chi connectivity index (χ1v) is 5.94. The molecule has 2 rings (SSSR count). The van der Waals surface area contributed by atoms with Gasteiger partial charge in [-0.1, -0.05) is 0 Å². The fourth-order valence-electron chi connectivity index (χ4n) is 1.70. The molecule has 1 amide bonds. The largest absolute Gasteiger partial charge is 0.477 e. The molecular weight excluding hydrogens is 266 g/mol. The maximum atomic E-state index is 11.7. The number of aromatic carboxylic acids is 1. The van der Waals surface area contributed by atoms with Gasteiger partial charge in [0, 0.05) is 0 Å². The number of hydrogen-bond donors (Lipinski definition) is 2.